The highest BCUT2D eigenvalue weighted by molar-refractivity contribution is 5.95. The molecule has 2 aromatic carbocycles. The number of benzene rings is 2. The van der Waals surface area contributed by atoms with Gasteiger partial charge in [0.2, 0.25) is 0 Å². The molecule has 1 N–H and O–H groups in total. The second-order valence-electron chi connectivity index (χ2n) is 8.35. The van der Waals surface area contributed by atoms with Gasteiger partial charge in [0.05, 0.1) is 35.4 Å². The lowest BCUT2D eigenvalue weighted by atomic mass is 10.0. The zero-order valence-corrected chi connectivity index (χ0v) is 17.9. The van der Waals surface area contributed by atoms with Crippen LogP contribution in [0, 0.1) is 5.82 Å². The number of fused-ring (bicyclic) bond motifs is 2. The summed E-state index contributed by atoms with van der Waals surface area (Å²) in [6.45, 7) is 5.51. The number of likely N-dealkylation sites (tertiary alicyclic amines) is 1. The number of rotatable bonds is 4. The fourth-order valence-corrected chi connectivity index (χ4v) is 4.83. The van der Waals surface area contributed by atoms with E-state index in [2.05, 4.69) is 22.0 Å². The van der Waals surface area contributed by atoms with Gasteiger partial charge < -0.3 is 9.64 Å². The first kappa shape index (κ1) is 20.8. The number of morpholine rings is 1. The van der Waals surface area contributed by atoms with Crippen LogP contribution in [0.5, 0.6) is 0 Å². The average molecular weight is 436 g/mol. The standard InChI is InChI=1S/C24H25FN4O3/c1-2-28-9-10-32-22-14-29(13-21(22)28)24(31)18-11-15(7-8-19(18)25)12-20-16-5-3-4-6-17(16)23(30)27-26-20/h3-8,11,21-22H,2,9-10,12-14H2,1H3,(H,27,30). The maximum absolute atomic E-state index is 14.7. The first-order valence-electron chi connectivity index (χ1n) is 10.9. The Kier molecular flexibility index (Phi) is 5.48. The van der Waals surface area contributed by atoms with E-state index in [1.807, 2.05) is 12.1 Å². The van der Waals surface area contributed by atoms with Gasteiger partial charge in [0, 0.05) is 31.4 Å². The molecule has 3 aromatic rings. The lowest BCUT2D eigenvalue weighted by molar-refractivity contribution is -0.0450. The lowest BCUT2D eigenvalue weighted by Crippen LogP contribution is -2.50. The number of nitrogens with zero attached hydrogens (tertiary/aromatic N) is 3. The molecule has 2 fully saturated rings. The molecule has 0 spiro atoms. The summed E-state index contributed by atoms with van der Waals surface area (Å²) in [7, 11) is 0. The molecule has 1 amide bonds. The van der Waals surface area contributed by atoms with Crippen molar-refractivity contribution >= 4 is 16.7 Å². The second kappa shape index (κ2) is 8.44. The van der Waals surface area contributed by atoms with Crippen molar-refractivity contribution in [3.05, 3.63) is 75.5 Å². The molecule has 8 heteroatoms. The van der Waals surface area contributed by atoms with Crippen LogP contribution in [-0.4, -0.2) is 70.8 Å². The van der Waals surface area contributed by atoms with Crippen LogP contribution < -0.4 is 5.56 Å². The molecular formula is C24H25FN4O3. The van der Waals surface area contributed by atoms with E-state index in [9.17, 15) is 14.0 Å². The summed E-state index contributed by atoms with van der Waals surface area (Å²) in [5.41, 5.74) is 1.22. The number of hydrogen-bond acceptors (Lipinski definition) is 5. The first-order chi connectivity index (χ1) is 15.5. The zero-order valence-electron chi connectivity index (χ0n) is 17.9. The third-order valence-electron chi connectivity index (χ3n) is 6.52. The van der Waals surface area contributed by atoms with E-state index >= 15 is 0 Å². The minimum Gasteiger partial charge on any atom is -0.373 e. The predicted molar refractivity (Wildman–Crippen MR) is 118 cm³/mol. The molecule has 2 saturated heterocycles. The number of hydrogen-bond donors (Lipinski definition) is 1. The number of aromatic amines is 1. The van der Waals surface area contributed by atoms with Crippen molar-refractivity contribution in [2.45, 2.75) is 25.5 Å². The van der Waals surface area contributed by atoms with Crippen LogP contribution in [0.1, 0.15) is 28.5 Å². The van der Waals surface area contributed by atoms with Crippen molar-refractivity contribution in [1.82, 2.24) is 20.0 Å². The molecule has 7 nitrogen and oxygen atoms in total. The Bertz CT molecular complexity index is 1230. The van der Waals surface area contributed by atoms with Crippen LogP contribution in [0.3, 0.4) is 0 Å². The molecule has 2 atom stereocenters. The number of likely N-dealkylation sites (N-methyl/N-ethyl adjacent to an activating group) is 1. The Hall–Kier alpha value is -3.10. The van der Waals surface area contributed by atoms with Gasteiger partial charge in [-0.3, -0.25) is 14.5 Å². The van der Waals surface area contributed by atoms with Crippen LogP contribution in [0.2, 0.25) is 0 Å². The van der Waals surface area contributed by atoms with Gasteiger partial charge in [0.25, 0.3) is 11.5 Å². The summed E-state index contributed by atoms with van der Waals surface area (Å²) in [4.78, 5) is 29.3. The number of aromatic nitrogens is 2. The smallest absolute Gasteiger partial charge is 0.272 e. The summed E-state index contributed by atoms with van der Waals surface area (Å²) in [6, 6.07) is 12.0. The van der Waals surface area contributed by atoms with Crippen molar-refractivity contribution < 1.29 is 13.9 Å². The van der Waals surface area contributed by atoms with Gasteiger partial charge >= 0.3 is 0 Å². The summed E-state index contributed by atoms with van der Waals surface area (Å²) in [6.07, 6.45) is 0.339. The maximum atomic E-state index is 14.7. The summed E-state index contributed by atoms with van der Waals surface area (Å²) in [5, 5.41) is 8.01. The fraction of sp³-hybridized carbons (Fsp3) is 0.375. The van der Waals surface area contributed by atoms with Crippen molar-refractivity contribution in [2.24, 2.45) is 0 Å². The van der Waals surface area contributed by atoms with E-state index in [1.54, 1.807) is 29.2 Å². The van der Waals surface area contributed by atoms with Crippen molar-refractivity contribution in [3.8, 4) is 0 Å². The van der Waals surface area contributed by atoms with E-state index in [1.165, 1.54) is 6.07 Å². The second-order valence-corrected chi connectivity index (χ2v) is 8.35. The minimum atomic E-state index is -0.541. The first-order valence-corrected chi connectivity index (χ1v) is 10.9. The largest absolute Gasteiger partial charge is 0.373 e. The number of amides is 1. The summed E-state index contributed by atoms with van der Waals surface area (Å²) < 4.78 is 20.5. The normalized spacial score (nSPS) is 21.1. The van der Waals surface area contributed by atoms with E-state index in [4.69, 9.17) is 4.74 Å². The molecule has 0 saturated carbocycles. The number of carbonyl (C=O) groups excluding carboxylic acids is 1. The highest BCUT2D eigenvalue weighted by Gasteiger charge is 2.41. The van der Waals surface area contributed by atoms with Crippen LogP contribution in [0.4, 0.5) is 4.39 Å². The number of carbonyl (C=O) groups is 1. The van der Waals surface area contributed by atoms with Gasteiger partial charge in [0.1, 0.15) is 5.82 Å². The third kappa shape index (κ3) is 3.69. The van der Waals surface area contributed by atoms with Gasteiger partial charge in [-0.2, -0.15) is 5.10 Å². The Morgan fingerprint density at radius 2 is 2.03 bits per heavy atom. The molecule has 2 aliphatic rings. The van der Waals surface area contributed by atoms with Crippen molar-refractivity contribution in [3.63, 3.8) is 0 Å². The van der Waals surface area contributed by atoms with Crippen LogP contribution in [0.15, 0.2) is 47.3 Å². The van der Waals surface area contributed by atoms with Crippen molar-refractivity contribution in [2.75, 3.05) is 32.8 Å². The van der Waals surface area contributed by atoms with E-state index < -0.39 is 5.82 Å². The van der Waals surface area contributed by atoms with E-state index in [0.717, 1.165) is 24.0 Å². The Labute approximate surface area is 184 Å². The molecule has 3 heterocycles. The highest BCUT2D eigenvalue weighted by Crippen LogP contribution is 2.25. The van der Waals surface area contributed by atoms with Crippen LogP contribution >= 0.6 is 0 Å². The topological polar surface area (TPSA) is 78.5 Å². The molecule has 0 aliphatic carbocycles. The summed E-state index contributed by atoms with van der Waals surface area (Å²) in [5.74, 6) is -0.862. The molecular weight excluding hydrogens is 411 g/mol. The van der Waals surface area contributed by atoms with Crippen LogP contribution in [0.25, 0.3) is 10.8 Å². The van der Waals surface area contributed by atoms with Gasteiger partial charge in [-0.1, -0.05) is 31.2 Å². The Morgan fingerprint density at radius 1 is 1.22 bits per heavy atom. The molecule has 5 rings (SSSR count). The summed E-state index contributed by atoms with van der Waals surface area (Å²) >= 11 is 0. The monoisotopic (exact) mass is 436 g/mol. The van der Waals surface area contributed by atoms with E-state index in [-0.39, 0.29) is 29.2 Å². The Balaban J connectivity index is 1.41. The maximum Gasteiger partial charge on any atom is 0.272 e. The number of nitrogens with one attached hydrogen (secondary N) is 1. The molecule has 1 aromatic heterocycles. The molecule has 2 unspecified atom stereocenters. The van der Waals surface area contributed by atoms with Gasteiger partial charge in [-0.05, 0) is 30.3 Å². The highest BCUT2D eigenvalue weighted by atomic mass is 19.1. The SMILES string of the molecule is CCN1CCOC2CN(C(=O)c3cc(Cc4n[nH]c(=O)c5ccccc45)ccc3F)CC21. The quantitative estimate of drug-likeness (QED) is 0.679. The minimum absolute atomic E-state index is 0.0319. The number of H-pyrrole nitrogens is 1. The number of ether oxygens (including phenoxy) is 1. The Morgan fingerprint density at radius 3 is 2.84 bits per heavy atom. The third-order valence-corrected chi connectivity index (χ3v) is 6.52. The zero-order chi connectivity index (χ0) is 22.2. The van der Waals surface area contributed by atoms with Crippen LogP contribution in [-0.2, 0) is 11.2 Å². The predicted octanol–water partition coefficient (Wildman–Crippen LogP) is 2.20. The fourth-order valence-electron chi connectivity index (χ4n) is 4.83. The molecule has 2 aliphatic heterocycles. The van der Waals surface area contributed by atoms with Crippen molar-refractivity contribution in [1.29, 1.82) is 0 Å². The molecule has 166 valence electrons. The average Bonchev–Trinajstić information content (AvgIpc) is 3.26. The number of halogens is 1. The van der Waals surface area contributed by atoms with Gasteiger partial charge in [-0.15, -0.1) is 0 Å². The van der Waals surface area contributed by atoms with Gasteiger partial charge in [0.15, 0.2) is 0 Å². The molecule has 0 bridgehead atoms. The van der Waals surface area contributed by atoms with E-state index in [0.29, 0.717) is 37.2 Å². The van der Waals surface area contributed by atoms with Gasteiger partial charge in [-0.25, -0.2) is 9.49 Å². The molecule has 0 radical (unpaired) electrons. The molecule has 32 heavy (non-hydrogen) atoms. The lowest BCUT2D eigenvalue weighted by Gasteiger charge is -2.35.